The van der Waals surface area contributed by atoms with E-state index >= 15 is 0 Å². The van der Waals surface area contributed by atoms with Gasteiger partial charge in [-0.05, 0) is 135 Å². The lowest BCUT2D eigenvalue weighted by atomic mass is 10.0. The van der Waals surface area contributed by atoms with Crippen LogP contribution in [0, 0.1) is 0 Å². The Morgan fingerprint density at radius 2 is 0.500 bits per heavy atom. The van der Waals surface area contributed by atoms with Crippen molar-refractivity contribution < 1.29 is 80.2 Å². The van der Waals surface area contributed by atoms with E-state index in [-0.39, 0.29) is 25.7 Å². The second-order valence-electron chi connectivity index (χ2n) is 27.3. The minimum absolute atomic E-state index is 0.0602. The average molecular weight is 1530 g/mol. The predicted octanol–water partition coefficient (Wildman–Crippen LogP) is 24.4. The lowest BCUT2D eigenvalue weighted by Gasteiger charge is -2.21. The second-order valence-corrected chi connectivity index (χ2v) is 30.2. The predicted molar refractivity (Wildman–Crippen MR) is 436 cm³/mol. The molecule has 0 bridgehead atoms. The van der Waals surface area contributed by atoms with E-state index in [0.29, 0.717) is 32.1 Å². The van der Waals surface area contributed by atoms with Crippen molar-refractivity contribution in [3.05, 3.63) is 134 Å². The molecule has 0 heterocycles. The zero-order valence-electron chi connectivity index (χ0n) is 66.6. The molecule has 0 aliphatic heterocycles. The van der Waals surface area contributed by atoms with Gasteiger partial charge in [-0.2, -0.15) is 0 Å². The van der Waals surface area contributed by atoms with Crippen molar-refractivity contribution in [3.63, 3.8) is 0 Å². The Morgan fingerprint density at radius 1 is 0.274 bits per heavy atom. The first-order chi connectivity index (χ1) is 51.7. The Hall–Kier alpha value is -4.80. The van der Waals surface area contributed by atoms with Crippen LogP contribution in [0.4, 0.5) is 0 Å². The lowest BCUT2D eigenvalue weighted by Crippen LogP contribution is -2.30. The Kier molecular flexibility index (Phi) is 74.8. The molecule has 0 saturated carbocycles. The lowest BCUT2D eigenvalue weighted by molar-refractivity contribution is -0.161. The Balaban J connectivity index is 5.42. The molecule has 0 aliphatic rings. The third-order valence-corrected chi connectivity index (χ3v) is 19.0. The Labute approximate surface area is 644 Å². The summed E-state index contributed by atoms with van der Waals surface area (Å²) < 4.78 is 68.7. The van der Waals surface area contributed by atoms with Crippen molar-refractivity contribution in [2.24, 2.45) is 0 Å². The van der Waals surface area contributed by atoms with Crippen molar-refractivity contribution in [1.29, 1.82) is 0 Å². The molecule has 0 aromatic rings. The maximum Gasteiger partial charge on any atom is 0.472 e. The number of carbonyl (C=O) groups is 4. The van der Waals surface area contributed by atoms with Crippen LogP contribution in [0.5, 0.6) is 0 Å². The van der Waals surface area contributed by atoms with Crippen LogP contribution in [0.2, 0.25) is 0 Å². The number of aliphatic hydroxyl groups excluding tert-OH is 1. The highest BCUT2D eigenvalue weighted by Crippen LogP contribution is 2.45. The molecular formula is C87H148O17P2. The third kappa shape index (κ3) is 77.4. The Bertz CT molecular complexity index is 2530. The topological polar surface area (TPSA) is 237 Å². The summed E-state index contributed by atoms with van der Waals surface area (Å²) in [4.78, 5) is 73.1. The average Bonchev–Trinajstić information content (AvgIpc) is 0.928. The van der Waals surface area contributed by atoms with Gasteiger partial charge in [0.25, 0.3) is 0 Å². The van der Waals surface area contributed by atoms with E-state index in [4.69, 9.17) is 37.0 Å². The molecular weight excluding hydrogens is 1380 g/mol. The fraction of sp³-hybridized carbons (Fsp3) is 0.701. The van der Waals surface area contributed by atoms with Crippen molar-refractivity contribution in [1.82, 2.24) is 0 Å². The zero-order valence-corrected chi connectivity index (χ0v) is 68.4. The summed E-state index contributed by atoms with van der Waals surface area (Å²) in [6.45, 7) is 4.56. The number of hydrogen-bond acceptors (Lipinski definition) is 15. The standard InChI is InChI=1S/C87H148O17P2/c1-5-9-13-17-21-25-29-33-37-39-40-42-46-48-52-56-60-64-68-72-85(90)98-78-83(104-87(92)74-70-66-62-58-54-50-44-36-32-28-24-20-16-12-8-4)80-102-106(95,96)100-76-81(88)75-99-105(93,94)101-79-82(103-86(91)73-69-65-61-57-53-49-43-35-31-27-23-19-15-11-7-3)77-97-84(89)71-67-63-59-55-51-47-45-41-38-34-30-26-22-18-14-10-6-2/h10-11,14-15,21-23,25-27,33-35,37-38,40,42-43,45,47,55,59,81-83,88H,5-9,12-13,16-20,24,28-32,36,39,41,44,46,48-54,56-58,60-80H2,1-4H3,(H,93,94)(H,95,96)/b14-10-,15-11-,25-21-,26-22-,27-23-,37-33-,38-34-,42-40-,43-35-,47-45-,59-55-. The minimum Gasteiger partial charge on any atom is -0.462 e. The number of phosphoric acid groups is 2. The molecule has 0 aromatic carbocycles. The summed E-state index contributed by atoms with van der Waals surface area (Å²) in [6, 6.07) is 0. The van der Waals surface area contributed by atoms with Crippen molar-refractivity contribution >= 4 is 39.5 Å². The monoisotopic (exact) mass is 1530 g/mol. The molecule has 0 rings (SSSR count). The fourth-order valence-electron chi connectivity index (χ4n) is 10.9. The van der Waals surface area contributed by atoms with Crippen LogP contribution in [0.25, 0.3) is 0 Å². The van der Waals surface area contributed by atoms with E-state index in [1.165, 1.54) is 83.5 Å². The molecule has 5 unspecified atom stereocenters. The van der Waals surface area contributed by atoms with E-state index in [9.17, 15) is 43.2 Å². The molecule has 0 fully saturated rings. The van der Waals surface area contributed by atoms with Crippen LogP contribution in [-0.4, -0.2) is 96.7 Å². The van der Waals surface area contributed by atoms with Crippen LogP contribution in [0.15, 0.2) is 134 Å². The SMILES string of the molecule is CC/C=C\C/C=C\C/C=C\C/C=C\C/C=C\CCCC(=O)OCC(COP(=O)(O)OCC(O)COP(=O)(O)OCC(COC(=O)CCCCCCCC/C=C\C/C=C\C/C=C\CCCCC)OC(=O)CCCCCCCCCCCCCCCCC)OC(=O)CCCCCCC/C=C\C/C=C\C/C=C\CC. The van der Waals surface area contributed by atoms with Crippen LogP contribution in [0.3, 0.4) is 0 Å². The van der Waals surface area contributed by atoms with Gasteiger partial charge in [0.2, 0.25) is 0 Å². The third-order valence-electron chi connectivity index (χ3n) is 17.1. The molecule has 0 amide bonds. The number of hydrogen-bond donors (Lipinski definition) is 3. The van der Waals surface area contributed by atoms with Crippen molar-refractivity contribution in [2.75, 3.05) is 39.6 Å². The maximum atomic E-state index is 13.1. The van der Waals surface area contributed by atoms with E-state index in [0.717, 1.165) is 167 Å². The molecule has 17 nitrogen and oxygen atoms in total. The molecule has 0 saturated heterocycles. The summed E-state index contributed by atoms with van der Waals surface area (Å²) >= 11 is 0. The summed E-state index contributed by atoms with van der Waals surface area (Å²) in [7, 11) is -9.99. The van der Waals surface area contributed by atoms with Gasteiger partial charge in [0.05, 0.1) is 26.4 Å². The normalized spacial score (nSPS) is 14.5. The molecule has 5 atom stereocenters. The van der Waals surface area contributed by atoms with E-state index in [1.54, 1.807) is 0 Å². The minimum atomic E-state index is -5.00. The van der Waals surface area contributed by atoms with Crippen LogP contribution in [-0.2, 0) is 65.4 Å². The van der Waals surface area contributed by atoms with Gasteiger partial charge in [-0.1, -0.05) is 309 Å². The first kappa shape index (κ1) is 101. The number of esters is 4. The van der Waals surface area contributed by atoms with E-state index < -0.39 is 97.5 Å². The summed E-state index contributed by atoms with van der Waals surface area (Å²) in [5, 5.41) is 10.7. The van der Waals surface area contributed by atoms with Gasteiger partial charge in [-0.25, -0.2) is 9.13 Å². The van der Waals surface area contributed by atoms with Crippen molar-refractivity contribution in [2.45, 2.75) is 354 Å². The smallest absolute Gasteiger partial charge is 0.462 e. The molecule has 3 N–H and O–H groups in total. The van der Waals surface area contributed by atoms with Crippen molar-refractivity contribution in [3.8, 4) is 0 Å². The van der Waals surface area contributed by atoms with Gasteiger partial charge in [0.15, 0.2) is 12.2 Å². The molecule has 608 valence electrons. The highest BCUT2D eigenvalue weighted by Gasteiger charge is 2.30. The number of unbranched alkanes of at least 4 members (excludes halogenated alkanes) is 29. The summed E-state index contributed by atoms with van der Waals surface area (Å²) in [5.74, 6) is -2.27. The van der Waals surface area contributed by atoms with Gasteiger partial charge < -0.3 is 33.8 Å². The number of carbonyl (C=O) groups excluding carboxylic acids is 4. The number of phosphoric ester groups is 2. The number of rotatable bonds is 77. The van der Waals surface area contributed by atoms with E-state index in [2.05, 4.69) is 149 Å². The van der Waals surface area contributed by atoms with Gasteiger partial charge in [0, 0.05) is 25.7 Å². The molecule has 0 aromatic heterocycles. The number of ether oxygens (including phenoxy) is 4. The second kappa shape index (κ2) is 78.3. The zero-order chi connectivity index (χ0) is 77.4. The fourth-order valence-corrected chi connectivity index (χ4v) is 12.4. The van der Waals surface area contributed by atoms with Gasteiger partial charge in [-0.3, -0.25) is 37.3 Å². The summed E-state index contributed by atoms with van der Waals surface area (Å²) in [6.07, 6.45) is 88.5. The molecule has 19 heteroatoms. The molecule has 106 heavy (non-hydrogen) atoms. The first-order valence-corrected chi connectivity index (χ1v) is 44.4. The highest BCUT2D eigenvalue weighted by molar-refractivity contribution is 7.47. The largest absolute Gasteiger partial charge is 0.472 e. The quantitative estimate of drug-likeness (QED) is 0.0169. The number of allylic oxidation sites excluding steroid dienone is 22. The van der Waals surface area contributed by atoms with Crippen LogP contribution < -0.4 is 0 Å². The van der Waals surface area contributed by atoms with E-state index in [1.807, 2.05) is 12.2 Å². The summed E-state index contributed by atoms with van der Waals surface area (Å²) in [5.41, 5.74) is 0. The Morgan fingerprint density at radius 3 is 0.811 bits per heavy atom. The van der Waals surface area contributed by atoms with Gasteiger partial charge in [0.1, 0.15) is 19.3 Å². The van der Waals surface area contributed by atoms with Crippen LogP contribution in [0.1, 0.15) is 336 Å². The highest BCUT2D eigenvalue weighted by atomic mass is 31.2. The molecule has 0 spiro atoms. The van der Waals surface area contributed by atoms with Crippen LogP contribution >= 0.6 is 15.6 Å². The van der Waals surface area contributed by atoms with Gasteiger partial charge >= 0.3 is 39.5 Å². The maximum absolute atomic E-state index is 13.1. The van der Waals surface area contributed by atoms with Gasteiger partial charge in [-0.15, -0.1) is 0 Å². The molecule has 0 radical (unpaired) electrons. The first-order valence-electron chi connectivity index (χ1n) is 41.4. The number of aliphatic hydroxyl groups is 1. The molecule has 0 aliphatic carbocycles.